The molecule has 1 saturated heterocycles. The molecule has 0 amide bonds. The maximum absolute atomic E-state index is 11.4. The number of aliphatic hydroxyl groups is 3. The molecule has 6 N–H and O–H groups in total. The molecule has 13 heteroatoms. The lowest BCUT2D eigenvalue weighted by Crippen LogP contribution is -2.39. The summed E-state index contributed by atoms with van der Waals surface area (Å²) in [5, 5.41) is 50.3. The molecule has 2 aromatic heterocycles. The van der Waals surface area contributed by atoms with E-state index in [9.17, 15) is 30.0 Å². The van der Waals surface area contributed by atoms with Gasteiger partial charge in [0.2, 0.25) is 0 Å². The fraction of sp³-hybridized carbons (Fsp3) is 0.533. The van der Waals surface area contributed by atoms with Gasteiger partial charge in [-0.3, -0.25) is 9.36 Å². The molecule has 28 heavy (non-hydrogen) atoms. The van der Waals surface area contributed by atoms with Gasteiger partial charge in [-0.05, 0) is 6.92 Å². The Morgan fingerprint density at radius 2 is 1.93 bits per heavy atom. The molecule has 0 spiro atoms. The fourth-order valence-corrected chi connectivity index (χ4v) is 2.94. The summed E-state index contributed by atoms with van der Waals surface area (Å²) in [7, 11) is 0. The Morgan fingerprint density at radius 3 is 2.50 bits per heavy atom. The van der Waals surface area contributed by atoms with Gasteiger partial charge in [0.1, 0.15) is 30.7 Å². The number of carbonyl (C=O) groups is 2. The number of nitrogens with one attached hydrogen (secondary N) is 1. The van der Waals surface area contributed by atoms with E-state index in [1.54, 1.807) is 0 Å². The molecule has 0 unspecified atom stereocenters. The van der Waals surface area contributed by atoms with Crippen LogP contribution in [0.15, 0.2) is 12.7 Å². The van der Waals surface area contributed by atoms with Crippen LogP contribution in [0.4, 0.5) is 5.82 Å². The summed E-state index contributed by atoms with van der Waals surface area (Å²) in [6, 6.07) is -1.48. The first kappa shape index (κ1) is 19.9. The third-order valence-electron chi connectivity index (χ3n) is 4.60. The van der Waals surface area contributed by atoms with Crippen molar-refractivity contribution >= 4 is 28.9 Å². The Hall–Kier alpha value is -2.87. The lowest BCUT2D eigenvalue weighted by molar-refractivity contribution is -0.148. The van der Waals surface area contributed by atoms with Gasteiger partial charge in [-0.1, -0.05) is 0 Å². The molecular formula is C15H19N5O8. The number of anilines is 1. The van der Waals surface area contributed by atoms with E-state index in [0.717, 1.165) is 6.33 Å². The van der Waals surface area contributed by atoms with Crippen LogP contribution in [-0.4, -0.2) is 88.0 Å². The number of rotatable bonds is 7. The molecule has 0 radical (unpaired) electrons. The predicted molar refractivity (Wildman–Crippen MR) is 90.2 cm³/mol. The van der Waals surface area contributed by atoms with Crippen LogP contribution in [0.3, 0.4) is 0 Å². The Labute approximate surface area is 157 Å². The van der Waals surface area contributed by atoms with Crippen LogP contribution in [0.1, 0.15) is 13.2 Å². The highest BCUT2D eigenvalue weighted by molar-refractivity contribution is 5.89. The van der Waals surface area contributed by atoms with Crippen molar-refractivity contribution in [3.05, 3.63) is 12.7 Å². The van der Waals surface area contributed by atoms with Crippen LogP contribution < -0.4 is 5.32 Å². The SMILES string of the molecule is C[C@H](C(=O)O)[C@@H](Nc1ncnc2c1ncn2[C@H]1O[C@@H](CO)[C@@H](O)[C@H]1O)C(=O)O. The monoisotopic (exact) mass is 397 g/mol. The Morgan fingerprint density at radius 1 is 1.21 bits per heavy atom. The topological polar surface area (TPSA) is 200 Å². The fourth-order valence-electron chi connectivity index (χ4n) is 2.94. The predicted octanol–water partition coefficient (Wildman–Crippen LogP) is -1.98. The summed E-state index contributed by atoms with van der Waals surface area (Å²) in [6.07, 6.45) is -2.41. The number of fused-ring (bicyclic) bond motifs is 1. The van der Waals surface area contributed by atoms with Gasteiger partial charge in [0, 0.05) is 0 Å². The van der Waals surface area contributed by atoms with Gasteiger partial charge in [-0.2, -0.15) is 0 Å². The first-order chi connectivity index (χ1) is 13.3. The van der Waals surface area contributed by atoms with Crippen molar-refractivity contribution in [2.75, 3.05) is 11.9 Å². The highest BCUT2D eigenvalue weighted by atomic mass is 16.6. The van der Waals surface area contributed by atoms with Gasteiger partial charge in [-0.25, -0.2) is 19.7 Å². The molecule has 0 aromatic carbocycles. The van der Waals surface area contributed by atoms with E-state index in [-0.39, 0.29) is 17.0 Å². The molecule has 152 valence electrons. The van der Waals surface area contributed by atoms with Gasteiger partial charge in [0.05, 0.1) is 18.9 Å². The van der Waals surface area contributed by atoms with Gasteiger partial charge >= 0.3 is 11.9 Å². The second kappa shape index (κ2) is 7.63. The van der Waals surface area contributed by atoms with Crippen molar-refractivity contribution in [2.45, 2.75) is 37.5 Å². The van der Waals surface area contributed by atoms with E-state index in [0.29, 0.717) is 0 Å². The summed E-state index contributed by atoms with van der Waals surface area (Å²) in [5.41, 5.74) is 0.267. The molecule has 1 aliphatic heterocycles. The van der Waals surface area contributed by atoms with Crippen LogP contribution in [-0.2, 0) is 14.3 Å². The summed E-state index contributed by atoms with van der Waals surface area (Å²) in [5.74, 6) is -3.96. The number of hydrogen-bond donors (Lipinski definition) is 6. The summed E-state index contributed by atoms with van der Waals surface area (Å²) in [4.78, 5) is 34.7. The van der Waals surface area contributed by atoms with E-state index in [1.807, 2.05) is 0 Å². The smallest absolute Gasteiger partial charge is 0.327 e. The lowest BCUT2D eigenvalue weighted by Gasteiger charge is -2.19. The average Bonchev–Trinajstić information content (AvgIpc) is 3.21. The van der Waals surface area contributed by atoms with Crippen molar-refractivity contribution in [1.29, 1.82) is 0 Å². The van der Waals surface area contributed by atoms with E-state index in [1.165, 1.54) is 17.8 Å². The highest BCUT2D eigenvalue weighted by Crippen LogP contribution is 2.32. The minimum absolute atomic E-state index is 0.0176. The molecule has 2 aromatic rings. The van der Waals surface area contributed by atoms with E-state index < -0.39 is 55.0 Å². The first-order valence-corrected chi connectivity index (χ1v) is 8.28. The third-order valence-corrected chi connectivity index (χ3v) is 4.60. The van der Waals surface area contributed by atoms with Crippen LogP contribution in [0.5, 0.6) is 0 Å². The molecule has 3 heterocycles. The standard InChI is InChI=1S/C15H19N5O8/c1-5(14(24)25)7(15(26)27)19-11-8-12(17-3-16-11)20(4-18-8)13-10(23)9(22)6(2-21)28-13/h3-7,9-10,13,21-23H,2H2,1H3,(H,24,25)(H,26,27)(H,16,17,19)/t5-,6-,7+,9+,10+,13-/m0/s1. The van der Waals surface area contributed by atoms with E-state index in [4.69, 9.17) is 9.84 Å². The summed E-state index contributed by atoms with van der Waals surface area (Å²) in [6.45, 7) is 0.737. The molecule has 1 aliphatic rings. The van der Waals surface area contributed by atoms with Gasteiger partial charge in [0.25, 0.3) is 0 Å². The normalized spacial score (nSPS) is 26.9. The molecular weight excluding hydrogens is 378 g/mol. The zero-order valence-electron chi connectivity index (χ0n) is 14.6. The molecule has 6 atom stereocenters. The van der Waals surface area contributed by atoms with Crippen LogP contribution in [0.2, 0.25) is 0 Å². The minimum atomic E-state index is -1.48. The van der Waals surface area contributed by atoms with Crippen molar-refractivity contribution < 1.29 is 39.9 Å². The van der Waals surface area contributed by atoms with Gasteiger partial charge in [0.15, 0.2) is 23.2 Å². The van der Waals surface area contributed by atoms with E-state index in [2.05, 4.69) is 20.3 Å². The zero-order valence-corrected chi connectivity index (χ0v) is 14.6. The van der Waals surface area contributed by atoms with Crippen LogP contribution in [0, 0.1) is 5.92 Å². The quantitative estimate of drug-likeness (QED) is 0.301. The van der Waals surface area contributed by atoms with E-state index >= 15 is 0 Å². The number of aliphatic carboxylic acids is 2. The second-order valence-electron chi connectivity index (χ2n) is 6.36. The zero-order chi connectivity index (χ0) is 20.6. The van der Waals surface area contributed by atoms with Gasteiger partial charge < -0.3 is 35.6 Å². The molecule has 0 aliphatic carbocycles. The van der Waals surface area contributed by atoms with Crippen molar-refractivity contribution in [2.24, 2.45) is 5.92 Å². The third kappa shape index (κ3) is 3.35. The largest absolute Gasteiger partial charge is 0.481 e. The number of imidazole rings is 1. The van der Waals surface area contributed by atoms with Crippen LogP contribution >= 0.6 is 0 Å². The number of carboxylic acids is 2. The molecule has 13 nitrogen and oxygen atoms in total. The lowest BCUT2D eigenvalue weighted by atomic mass is 10.0. The Balaban J connectivity index is 1.95. The van der Waals surface area contributed by atoms with Gasteiger partial charge in [-0.15, -0.1) is 0 Å². The number of carboxylic acid groups (broad SMARTS) is 2. The molecule has 1 fully saturated rings. The second-order valence-corrected chi connectivity index (χ2v) is 6.36. The molecule has 0 bridgehead atoms. The summed E-state index contributed by atoms with van der Waals surface area (Å²) >= 11 is 0. The molecule has 0 saturated carbocycles. The Kier molecular flexibility index (Phi) is 5.42. The highest BCUT2D eigenvalue weighted by Gasteiger charge is 2.44. The van der Waals surface area contributed by atoms with Crippen molar-refractivity contribution in [3.8, 4) is 0 Å². The van der Waals surface area contributed by atoms with Crippen molar-refractivity contribution in [3.63, 3.8) is 0 Å². The summed E-state index contributed by atoms with van der Waals surface area (Å²) < 4.78 is 6.74. The average molecular weight is 397 g/mol. The number of aliphatic hydroxyl groups excluding tert-OH is 3. The molecule has 3 rings (SSSR count). The first-order valence-electron chi connectivity index (χ1n) is 8.28. The minimum Gasteiger partial charge on any atom is -0.481 e. The number of ether oxygens (including phenoxy) is 1. The van der Waals surface area contributed by atoms with Crippen molar-refractivity contribution in [1.82, 2.24) is 19.5 Å². The number of nitrogens with zero attached hydrogens (tertiary/aromatic N) is 4. The van der Waals surface area contributed by atoms with Crippen LogP contribution in [0.25, 0.3) is 11.2 Å². The number of aromatic nitrogens is 4. The maximum Gasteiger partial charge on any atom is 0.327 e. The number of hydrogen-bond acceptors (Lipinski definition) is 10. The maximum atomic E-state index is 11.4. The Bertz CT molecular complexity index is 888.